The van der Waals surface area contributed by atoms with Gasteiger partial charge in [0.1, 0.15) is 5.75 Å². The maximum atomic E-state index is 12.0. The lowest BCUT2D eigenvalue weighted by Gasteiger charge is -2.16. The van der Waals surface area contributed by atoms with Crippen LogP contribution in [-0.2, 0) is 4.79 Å². The lowest BCUT2D eigenvalue weighted by atomic mass is 10.1. The number of aryl methyl sites for hydroxylation is 1. The topological polar surface area (TPSA) is 55.6 Å². The summed E-state index contributed by atoms with van der Waals surface area (Å²) in [5.41, 5.74) is 6.77. The molecule has 21 heavy (non-hydrogen) atoms. The van der Waals surface area contributed by atoms with E-state index in [0.29, 0.717) is 25.5 Å². The van der Waals surface area contributed by atoms with Crippen molar-refractivity contribution >= 4 is 18.3 Å². The Hall–Kier alpha value is -1.26. The summed E-state index contributed by atoms with van der Waals surface area (Å²) in [6, 6.07) is 7.94. The van der Waals surface area contributed by atoms with Gasteiger partial charge in [0.15, 0.2) is 0 Å². The van der Waals surface area contributed by atoms with E-state index < -0.39 is 0 Å². The second-order valence-electron chi connectivity index (χ2n) is 5.45. The number of likely N-dealkylation sites (tertiary alicyclic amines) is 1. The summed E-state index contributed by atoms with van der Waals surface area (Å²) in [6.07, 6.45) is 2.36. The number of rotatable bonds is 6. The highest BCUT2D eigenvalue weighted by atomic mass is 35.5. The van der Waals surface area contributed by atoms with Crippen LogP contribution >= 0.6 is 12.4 Å². The SMILES string of the molecule is Cc1ccccc1OCCCC(=O)N1CCC(CN)C1.Cl. The van der Waals surface area contributed by atoms with Crippen molar-refractivity contribution in [3.05, 3.63) is 29.8 Å². The molecular weight excluding hydrogens is 288 g/mol. The van der Waals surface area contributed by atoms with Crippen LogP contribution < -0.4 is 10.5 Å². The number of halogens is 1. The molecule has 5 heteroatoms. The third-order valence-electron chi connectivity index (χ3n) is 3.86. The van der Waals surface area contributed by atoms with Crippen LogP contribution in [0.2, 0.25) is 0 Å². The van der Waals surface area contributed by atoms with Crippen LogP contribution in [0.4, 0.5) is 0 Å². The van der Waals surface area contributed by atoms with E-state index in [-0.39, 0.29) is 18.3 Å². The molecule has 4 nitrogen and oxygen atoms in total. The highest BCUT2D eigenvalue weighted by Gasteiger charge is 2.24. The first kappa shape index (κ1) is 17.8. The molecule has 0 radical (unpaired) electrons. The van der Waals surface area contributed by atoms with Crippen LogP contribution in [0.5, 0.6) is 5.75 Å². The van der Waals surface area contributed by atoms with Crippen LogP contribution in [0.15, 0.2) is 24.3 Å². The fraction of sp³-hybridized carbons (Fsp3) is 0.562. The van der Waals surface area contributed by atoms with E-state index in [1.165, 1.54) is 0 Å². The van der Waals surface area contributed by atoms with Gasteiger partial charge < -0.3 is 15.4 Å². The fourth-order valence-electron chi connectivity index (χ4n) is 2.53. The minimum absolute atomic E-state index is 0. The quantitative estimate of drug-likeness (QED) is 0.821. The number of carbonyl (C=O) groups excluding carboxylic acids is 1. The summed E-state index contributed by atoms with van der Waals surface area (Å²) < 4.78 is 5.70. The van der Waals surface area contributed by atoms with Crippen molar-refractivity contribution < 1.29 is 9.53 Å². The number of benzene rings is 1. The van der Waals surface area contributed by atoms with Gasteiger partial charge in [0.05, 0.1) is 6.61 Å². The second-order valence-corrected chi connectivity index (χ2v) is 5.45. The first-order chi connectivity index (χ1) is 9.70. The molecule has 118 valence electrons. The third-order valence-corrected chi connectivity index (χ3v) is 3.86. The van der Waals surface area contributed by atoms with E-state index in [4.69, 9.17) is 10.5 Å². The molecule has 0 bridgehead atoms. The van der Waals surface area contributed by atoms with E-state index >= 15 is 0 Å². The Morgan fingerprint density at radius 2 is 2.19 bits per heavy atom. The maximum absolute atomic E-state index is 12.0. The molecule has 1 aliphatic heterocycles. The van der Waals surface area contributed by atoms with Gasteiger partial charge >= 0.3 is 0 Å². The van der Waals surface area contributed by atoms with Crippen LogP contribution in [0.3, 0.4) is 0 Å². The maximum Gasteiger partial charge on any atom is 0.222 e. The van der Waals surface area contributed by atoms with Gasteiger partial charge in [0.2, 0.25) is 5.91 Å². The van der Waals surface area contributed by atoms with Gasteiger partial charge in [0, 0.05) is 19.5 Å². The molecule has 1 fully saturated rings. The molecule has 1 heterocycles. The van der Waals surface area contributed by atoms with E-state index in [9.17, 15) is 4.79 Å². The lowest BCUT2D eigenvalue weighted by Crippen LogP contribution is -2.29. The lowest BCUT2D eigenvalue weighted by molar-refractivity contribution is -0.130. The molecule has 2 rings (SSSR count). The molecule has 1 aliphatic rings. The van der Waals surface area contributed by atoms with Crippen LogP contribution in [0, 0.1) is 12.8 Å². The molecule has 1 atom stereocenters. The largest absolute Gasteiger partial charge is 0.493 e. The van der Waals surface area contributed by atoms with Gasteiger partial charge in [0.25, 0.3) is 0 Å². The number of para-hydroxylation sites is 1. The summed E-state index contributed by atoms with van der Waals surface area (Å²) in [4.78, 5) is 14.0. The fourth-order valence-corrected chi connectivity index (χ4v) is 2.53. The highest BCUT2D eigenvalue weighted by Crippen LogP contribution is 2.18. The van der Waals surface area contributed by atoms with Crippen molar-refractivity contribution in [1.29, 1.82) is 0 Å². The summed E-state index contributed by atoms with van der Waals surface area (Å²) in [5, 5.41) is 0. The normalized spacial score (nSPS) is 17.4. The van der Waals surface area contributed by atoms with Crippen molar-refractivity contribution in [3.8, 4) is 5.75 Å². The molecule has 1 unspecified atom stereocenters. The molecule has 0 saturated carbocycles. The first-order valence-corrected chi connectivity index (χ1v) is 7.37. The number of amides is 1. The highest BCUT2D eigenvalue weighted by molar-refractivity contribution is 5.85. The van der Waals surface area contributed by atoms with E-state index in [1.807, 2.05) is 36.1 Å². The van der Waals surface area contributed by atoms with Gasteiger partial charge in [-0.2, -0.15) is 0 Å². The minimum Gasteiger partial charge on any atom is -0.493 e. The molecule has 1 aromatic carbocycles. The van der Waals surface area contributed by atoms with Crippen molar-refractivity contribution in [2.24, 2.45) is 11.7 Å². The number of ether oxygens (including phenoxy) is 1. The Labute approximate surface area is 133 Å². The van der Waals surface area contributed by atoms with Gasteiger partial charge in [-0.05, 0) is 43.9 Å². The van der Waals surface area contributed by atoms with Crippen LogP contribution in [-0.4, -0.2) is 37.0 Å². The smallest absolute Gasteiger partial charge is 0.222 e. The third kappa shape index (κ3) is 5.21. The van der Waals surface area contributed by atoms with Crippen molar-refractivity contribution in [2.75, 3.05) is 26.2 Å². The zero-order valence-electron chi connectivity index (χ0n) is 12.6. The Kier molecular flexibility index (Phi) is 7.54. The number of hydrogen-bond donors (Lipinski definition) is 1. The van der Waals surface area contributed by atoms with E-state index in [1.54, 1.807) is 0 Å². The monoisotopic (exact) mass is 312 g/mol. The summed E-state index contributed by atoms with van der Waals surface area (Å²) >= 11 is 0. The molecule has 2 N–H and O–H groups in total. The van der Waals surface area contributed by atoms with Gasteiger partial charge in [-0.1, -0.05) is 18.2 Å². The molecule has 0 spiro atoms. The first-order valence-electron chi connectivity index (χ1n) is 7.37. The second kappa shape index (κ2) is 8.90. The summed E-state index contributed by atoms with van der Waals surface area (Å²) in [7, 11) is 0. The number of nitrogens with two attached hydrogens (primary N) is 1. The number of hydrogen-bond acceptors (Lipinski definition) is 3. The Balaban J connectivity index is 0.00000220. The van der Waals surface area contributed by atoms with Gasteiger partial charge in [-0.3, -0.25) is 4.79 Å². The molecule has 1 aromatic rings. The van der Waals surface area contributed by atoms with E-state index in [0.717, 1.165) is 37.2 Å². The molecular formula is C16H25ClN2O2. The molecule has 0 aliphatic carbocycles. The minimum atomic E-state index is 0. The number of carbonyl (C=O) groups is 1. The average Bonchev–Trinajstić information content (AvgIpc) is 2.94. The molecule has 0 aromatic heterocycles. The van der Waals surface area contributed by atoms with Crippen LogP contribution in [0.1, 0.15) is 24.8 Å². The summed E-state index contributed by atoms with van der Waals surface area (Å²) in [6.45, 7) is 4.98. The van der Waals surface area contributed by atoms with Gasteiger partial charge in [-0.25, -0.2) is 0 Å². The van der Waals surface area contributed by atoms with Crippen LogP contribution in [0.25, 0.3) is 0 Å². The van der Waals surface area contributed by atoms with Crippen molar-refractivity contribution in [3.63, 3.8) is 0 Å². The van der Waals surface area contributed by atoms with Crippen molar-refractivity contribution in [1.82, 2.24) is 4.90 Å². The Bertz CT molecular complexity index is 454. The Morgan fingerprint density at radius 3 is 2.86 bits per heavy atom. The predicted molar refractivity (Wildman–Crippen MR) is 86.9 cm³/mol. The van der Waals surface area contributed by atoms with E-state index in [2.05, 4.69) is 0 Å². The predicted octanol–water partition coefficient (Wildman–Crippen LogP) is 2.38. The zero-order chi connectivity index (χ0) is 14.4. The zero-order valence-corrected chi connectivity index (χ0v) is 13.4. The average molecular weight is 313 g/mol. The van der Waals surface area contributed by atoms with Gasteiger partial charge in [-0.15, -0.1) is 12.4 Å². The molecule has 1 amide bonds. The Morgan fingerprint density at radius 1 is 1.43 bits per heavy atom. The molecule has 1 saturated heterocycles. The van der Waals surface area contributed by atoms with Crippen molar-refractivity contribution in [2.45, 2.75) is 26.2 Å². The standard InChI is InChI=1S/C16H24N2O2.ClH/c1-13-5-2-3-6-15(13)20-10-4-7-16(19)18-9-8-14(11-17)12-18;/h2-3,5-6,14H,4,7-12,17H2,1H3;1H. The summed E-state index contributed by atoms with van der Waals surface area (Å²) in [5.74, 6) is 1.63. The number of nitrogens with zero attached hydrogens (tertiary/aromatic N) is 1.